The highest BCUT2D eigenvalue weighted by Crippen LogP contribution is 2.28. The zero-order valence-corrected chi connectivity index (χ0v) is 18.0. The fraction of sp³-hybridized carbons (Fsp3) is 0.143. The molecule has 1 N–H and O–H groups in total. The number of para-hydroxylation sites is 2. The van der Waals surface area contributed by atoms with E-state index in [0.717, 1.165) is 27.2 Å². The highest BCUT2D eigenvalue weighted by molar-refractivity contribution is 7.98. The van der Waals surface area contributed by atoms with E-state index in [1.165, 1.54) is 10.1 Å². The first-order chi connectivity index (χ1) is 14.6. The Bertz CT molecular complexity index is 1430. The number of nitrogens with one attached hydrogen (secondary N) is 1. The summed E-state index contributed by atoms with van der Waals surface area (Å²) in [5, 5.41) is 16.2. The van der Waals surface area contributed by atoms with Gasteiger partial charge in [0.1, 0.15) is 0 Å². The molecule has 0 saturated carbocycles. The SMILES string of the molecule is Cc1ccccc1Nc1nc(CSc2nnc3n(C)c(=O)c4ccccc4n23)cs1. The van der Waals surface area contributed by atoms with Crippen LogP contribution in [0.4, 0.5) is 10.8 Å². The van der Waals surface area contributed by atoms with Crippen LogP contribution in [0.2, 0.25) is 0 Å². The van der Waals surface area contributed by atoms with E-state index in [4.69, 9.17) is 4.98 Å². The molecule has 9 heteroatoms. The molecule has 0 atom stereocenters. The van der Waals surface area contributed by atoms with Gasteiger partial charge < -0.3 is 5.32 Å². The Kier molecular flexibility index (Phi) is 4.76. The molecule has 5 rings (SSSR count). The Morgan fingerprint density at radius 2 is 1.90 bits per heavy atom. The molecule has 0 amide bonds. The Morgan fingerprint density at radius 1 is 1.10 bits per heavy atom. The number of rotatable bonds is 5. The normalized spacial score (nSPS) is 11.4. The van der Waals surface area contributed by atoms with Crippen molar-refractivity contribution in [2.24, 2.45) is 7.05 Å². The van der Waals surface area contributed by atoms with Crippen molar-refractivity contribution in [2.75, 3.05) is 5.32 Å². The van der Waals surface area contributed by atoms with Gasteiger partial charge in [-0.05, 0) is 30.7 Å². The third-order valence-corrected chi connectivity index (χ3v) is 6.65. The van der Waals surface area contributed by atoms with Gasteiger partial charge in [0.05, 0.1) is 16.6 Å². The van der Waals surface area contributed by atoms with Gasteiger partial charge in [-0.15, -0.1) is 21.5 Å². The van der Waals surface area contributed by atoms with Gasteiger partial charge in [-0.3, -0.25) is 13.8 Å². The van der Waals surface area contributed by atoms with Crippen LogP contribution < -0.4 is 10.9 Å². The second-order valence-electron chi connectivity index (χ2n) is 6.87. The number of thiazole rings is 1. The molecule has 0 aliphatic heterocycles. The molecule has 0 aliphatic carbocycles. The molecule has 0 radical (unpaired) electrons. The van der Waals surface area contributed by atoms with Crippen molar-refractivity contribution in [3.8, 4) is 0 Å². The molecule has 3 aromatic heterocycles. The lowest BCUT2D eigenvalue weighted by molar-refractivity contribution is 0.853. The second kappa shape index (κ2) is 7.58. The van der Waals surface area contributed by atoms with Gasteiger partial charge in [0, 0.05) is 23.9 Å². The number of aryl methyl sites for hydroxylation is 2. The second-order valence-corrected chi connectivity index (χ2v) is 8.67. The molecule has 0 aliphatic rings. The monoisotopic (exact) mass is 434 g/mol. The molecule has 150 valence electrons. The first-order valence-electron chi connectivity index (χ1n) is 9.34. The van der Waals surface area contributed by atoms with Crippen LogP contribution in [0.25, 0.3) is 16.7 Å². The number of anilines is 2. The molecule has 2 aromatic carbocycles. The molecule has 30 heavy (non-hydrogen) atoms. The van der Waals surface area contributed by atoms with Gasteiger partial charge in [-0.2, -0.15) is 0 Å². The predicted molar refractivity (Wildman–Crippen MR) is 122 cm³/mol. The maximum Gasteiger partial charge on any atom is 0.262 e. The summed E-state index contributed by atoms with van der Waals surface area (Å²) in [6, 6.07) is 15.7. The van der Waals surface area contributed by atoms with E-state index in [2.05, 4.69) is 28.5 Å². The van der Waals surface area contributed by atoms with Crippen LogP contribution in [0.3, 0.4) is 0 Å². The Balaban J connectivity index is 1.42. The fourth-order valence-corrected chi connectivity index (χ4v) is 4.96. The summed E-state index contributed by atoms with van der Waals surface area (Å²) < 4.78 is 3.46. The van der Waals surface area contributed by atoms with Crippen molar-refractivity contribution in [2.45, 2.75) is 17.8 Å². The van der Waals surface area contributed by atoms with Crippen LogP contribution in [0.5, 0.6) is 0 Å². The minimum atomic E-state index is -0.0755. The Labute approximate surface area is 180 Å². The van der Waals surface area contributed by atoms with E-state index < -0.39 is 0 Å². The molecular weight excluding hydrogens is 416 g/mol. The number of nitrogens with zero attached hydrogens (tertiary/aromatic N) is 5. The summed E-state index contributed by atoms with van der Waals surface area (Å²) >= 11 is 3.13. The predicted octanol–water partition coefficient (Wildman–Crippen LogP) is 4.38. The number of benzene rings is 2. The lowest BCUT2D eigenvalue weighted by Gasteiger charge is -2.07. The van der Waals surface area contributed by atoms with Crippen LogP contribution in [-0.4, -0.2) is 24.1 Å². The van der Waals surface area contributed by atoms with Crippen LogP contribution >= 0.6 is 23.1 Å². The number of fused-ring (bicyclic) bond motifs is 3. The molecule has 7 nitrogen and oxygen atoms in total. The lowest BCUT2D eigenvalue weighted by atomic mass is 10.2. The van der Waals surface area contributed by atoms with E-state index in [1.54, 1.807) is 30.1 Å². The highest BCUT2D eigenvalue weighted by atomic mass is 32.2. The van der Waals surface area contributed by atoms with Crippen LogP contribution in [0.1, 0.15) is 11.3 Å². The molecule has 3 heterocycles. The Morgan fingerprint density at radius 3 is 2.77 bits per heavy atom. The zero-order valence-electron chi connectivity index (χ0n) is 16.4. The molecule has 0 spiro atoms. The largest absolute Gasteiger partial charge is 0.331 e. The molecule has 0 unspecified atom stereocenters. The third kappa shape index (κ3) is 3.25. The summed E-state index contributed by atoms with van der Waals surface area (Å²) in [7, 11) is 1.72. The van der Waals surface area contributed by atoms with Crippen LogP contribution in [-0.2, 0) is 12.8 Å². The van der Waals surface area contributed by atoms with Crippen LogP contribution in [0.15, 0.2) is 63.9 Å². The quantitative estimate of drug-likeness (QED) is 0.414. The van der Waals surface area contributed by atoms with Crippen molar-refractivity contribution >= 4 is 50.6 Å². The zero-order chi connectivity index (χ0) is 20.7. The minimum absolute atomic E-state index is 0.0755. The first kappa shape index (κ1) is 18.8. The average molecular weight is 435 g/mol. The Hall–Kier alpha value is -3.17. The standard InChI is InChI=1S/C21H18N6OS2/c1-13-7-3-5-9-16(13)23-19-22-14(11-29-19)12-30-21-25-24-20-26(2)18(28)15-8-4-6-10-17(15)27(20)21/h3-11H,12H2,1-2H3,(H,22,23). The summed E-state index contributed by atoms with van der Waals surface area (Å²) in [5.41, 5.74) is 3.93. The number of aromatic nitrogens is 5. The van der Waals surface area contributed by atoms with Gasteiger partial charge >= 0.3 is 0 Å². The maximum atomic E-state index is 12.6. The summed E-state index contributed by atoms with van der Waals surface area (Å²) in [6.07, 6.45) is 0. The maximum absolute atomic E-state index is 12.6. The number of thioether (sulfide) groups is 1. The van der Waals surface area contributed by atoms with Crippen molar-refractivity contribution in [1.29, 1.82) is 0 Å². The third-order valence-electron chi connectivity index (χ3n) is 4.88. The van der Waals surface area contributed by atoms with Gasteiger partial charge in [0.25, 0.3) is 5.56 Å². The molecule has 0 fully saturated rings. The fourth-order valence-electron chi connectivity index (χ4n) is 3.30. The van der Waals surface area contributed by atoms with Crippen molar-refractivity contribution < 1.29 is 0 Å². The smallest absolute Gasteiger partial charge is 0.262 e. The minimum Gasteiger partial charge on any atom is -0.331 e. The van der Waals surface area contributed by atoms with E-state index in [-0.39, 0.29) is 5.56 Å². The van der Waals surface area contributed by atoms with Crippen molar-refractivity contribution in [1.82, 2.24) is 24.1 Å². The average Bonchev–Trinajstić information content (AvgIpc) is 3.39. The molecular formula is C21H18N6OS2. The van der Waals surface area contributed by atoms with E-state index in [9.17, 15) is 4.79 Å². The van der Waals surface area contributed by atoms with Gasteiger partial charge in [0.15, 0.2) is 10.3 Å². The van der Waals surface area contributed by atoms with Gasteiger partial charge in [-0.25, -0.2) is 4.98 Å². The van der Waals surface area contributed by atoms with Gasteiger partial charge in [0.2, 0.25) is 5.78 Å². The first-order valence-corrected chi connectivity index (χ1v) is 11.2. The number of hydrogen-bond acceptors (Lipinski definition) is 7. The van der Waals surface area contributed by atoms with E-state index in [1.807, 2.05) is 52.2 Å². The summed E-state index contributed by atoms with van der Waals surface area (Å²) in [4.78, 5) is 17.3. The van der Waals surface area contributed by atoms with Crippen LogP contribution in [0, 0.1) is 6.92 Å². The van der Waals surface area contributed by atoms with Crippen molar-refractivity contribution in [3.05, 3.63) is 75.5 Å². The lowest BCUT2D eigenvalue weighted by Crippen LogP contribution is -2.20. The topological polar surface area (TPSA) is 77.1 Å². The van der Waals surface area contributed by atoms with E-state index in [0.29, 0.717) is 16.9 Å². The van der Waals surface area contributed by atoms with E-state index >= 15 is 0 Å². The van der Waals surface area contributed by atoms with Gasteiger partial charge in [-0.1, -0.05) is 42.1 Å². The highest BCUT2D eigenvalue weighted by Gasteiger charge is 2.15. The molecule has 0 bridgehead atoms. The summed E-state index contributed by atoms with van der Waals surface area (Å²) in [5.74, 6) is 1.19. The molecule has 0 saturated heterocycles. The van der Waals surface area contributed by atoms with Crippen molar-refractivity contribution in [3.63, 3.8) is 0 Å². The molecule has 5 aromatic rings. The summed E-state index contributed by atoms with van der Waals surface area (Å²) in [6.45, 7) is 2.07. The number of hydrogen-bond donors (Lipinski definition) is 1.